The van der Waals surface area contributed by atoms with Gasteiger partial charge in [0.05, 0.1) is 10.6 Å². The number of hydrogen-bond acceptors (Lipinski definition) is 4. The van der Waals surface area contributed by atoms with Crippen LogP contribution < -0.4 is 9.62 Å². The number of carbonyl (C=O) groups excluding carboxylic acids is 2. The molecular weight excluding hydrogens is 649 g/mol. The minimum atomic E-state index is -4.15. The van der Waals surface area contributed by atoms with Gasteiger partial charge in [-0.25, -0.2) is 8.42 Å². The van der Waals surface area contributed by atoms with E-state index < -0.39 is 28.5 Å². The molecule has 1 atom stereocenters. The SMILES string of the molecule is Cc1ccc(S(=O)(=O)N(CC(=O)N(Cc2ccc(Cl)cc2Cl)[C@H](C)C(=O)NC2CCCC2)c2cccc(Br)c2)cc1. The predicted octanol–water partition coefficient (Wildman–Crippen LogP) is 6.74. The molecule has 0 heterocycles. The fraction of sp³-hybridized carbons (Fsp3) is 0.333. The molecule has 0 aromatic heterocycles. The van der Waals surface area contributed by atoms with Crippen LogP contribution in [-0.4, -0.2) is 43.8 Å². The molecule has 11 heteroatoms. The van der Waals surface area contributed by atoms with Crippen LogP contribution in [0.15, 0.2) is 76.1 Å². The lowest BCUT2D eigenvalue weighted by atomic mass is 10.1. The first kappa shape index (κ1) is 31.3. The van der Waals surface area contributed by atoms with E-state index >= 15 is 0 Å². The van der Waals surface area contributed by atoms with Gasteiger partial charge in [-0.05, 0) is 74.7 Å². The Morgan fingerprint density at radius 1 is 1.02 bits per heavy atom. The average Bonchev–Trinajstić information content (AvgIpc) is 3.44. The largest absolute Gasteiger partial charge is 0.352 e. The van der Waals surface area contributed by atoms with Crippen molar-refractivity contribution in [1.29, 1.82) is 0 Å². The van der Waals surface area contributed by atoms with Crippen molar-refractivity contribution in [3.05, 3.63) is 92.4 Å². The van der Waals surface area contributed by atoms with Crippen molar-refractivity contribution in [2.45, 2.75) is 63.1 Å². The van der Waals surface area contributed by atoms with Crippen molar-refractivity contribution >= 4 is 66.7 Å². The Morgan fingerprint density at radius 2 is 1.71 bits per heavy atom. The summed E-state index contributed by atoms with van der Waals surface area (Å²) < 4.78 is 29.6. The lowest BCUT2D eigenvalue weighted by molar-refractivity contribution is -0.139. The molecule has 0 bridgehead atoms. The molecule has 2 amide bonds. The van der Waals surface area contributed by atoms with Crippen molar-refractivity contribution in [2.24, 2.45) is 0 Å². The molecular formula is C30H32BrCl2N3O4S. The zero-order valence-corrected chi connectivity index (χ0v) is 26.7. The highest BCUT2D eigenvalue weighted by molar-refractivity contribution is 9.10. The first-order chi connectivity index (χ1) is 19.5. The standard InChI is InChI=1S/C30H32BrCl2N3O4S/c1-20-10-14-27(15-11-20)41(39,40)36(26-9-5-6-23(31)16-26)19-29(37)35(18-22-12-13-24(32)17-28(22)33)21(2)30(38)34-25-7-3-4-8-25/h5-6,9-17,21,25H,3-4,7-8,18-19H2,1-2H3,(H,34,38)/t21-/m1/s1. The number of carbonyl (C=O) groups is 2. The van der Waals surface area contributed by atoms with Crippen molar-refractivity contribution < 1.29 is 18.0 Å². The van der Waals surface area contributed by atoms with E-state index in [0.29, 0.717) is 25.8 Å². The number of nitrogens with one attached hydrogen (secondary N) is 1. The molecule has 4 rings (SSSR count). The topological polar surface area (TPSA) is 86.8 Å². The third kappa shape index (κ3) is 7.83. The second-order valence-corrected chi connectivity index (χ2v) is 13.8. The summed E-state index contributed by atoms with van der Waals surface area (Å²) in [5.41, 5.74) is 1.79. The van der Waals surface area contributed by atoms with Crippen LogP contribution in [0.3, 0.4) is 0 Å². The maximum Gasteiger partial charge on any atom is 0.264 e. The van der Waals surface area contributed by atoms with Gasteiger partial charge in [0.25, 0.3) is 10.0 Å². The number of aryl methyl sites for hydroxylation is 1. The van der Waals surface area contributed by atoms with Gasteiger partial charge < -0.3 is 10.2 Å². The molecule has 0 saturated heterocycles. The molecule has 0 unspecified atom stereocenters. The Balaban J connectivity index is 1.70. The van der Waals surface area contributed by atoms with Gasteiger partial charge in [-0.3, -0.25) is 13.9 Å². The Hall–Kier alpha value is -2.59. The maximum atomic E-state index is 14.1. The molecule has 1 fully saturated rings. The van der Waals surface area contributed by atoms with Crippen LogP contribution in [-0.2, 0) is 26.2 Å². The van der Waals surface area contributed by atoms with Gasteiger partial charge in [0.15, 0.2) is 0 Å². The highest BCUT2D eigenvalue weighted by atomic mass is 79.9. The second-order valence-electron chi connectivity index (χ2n) is 10.2. The third-order valence-electron chi connectivity index (χ3n) is 7.21. The van der Waals surface area contributed by atoms with Crippen LogP contribution in [0.4, 0.5) is 5.69 Å². The van der Waals surface area contributed by atoms with Gasteiger partial charge in [-0.15, -0.1) is 0 Å². The lowest BCUT2D eigenvalue weighted by Gasteiger charge is -2.32. The highest BCUT2D eigenvalue weighted by Gasteiger charge is 2.33. The van der Waals surface area contributed by atoms with Crippen LogP contribution in [0.25, 0.3) is 0 Å². The summed E-state index contributed by atoms with van der Waals surface area (Å²) >= 11 is 15.9. The summed E-state index contributed by atoms with van der Waals surface area (Å²) in [5.74, 6) is -0.855. The number of halogens is 3. The summed E-state index contributed by atoms with van der Waals surface area (Å²) in [6, 6.07) is 17.3. The number of rotatable bonds is 10. The van der Waals surface area contributed by atoms with Crippen LogP contribution in [0.2, 0.25) is 10.0 Å². The van der Waals surface area contributed by atoms with Crippen LogP contribution in [0, 0.1) is 6.92 Å². The molecule has 1 aliphatic carbocycles. The Kier molecular flexibility index (Phi) is 10.4. The number of amides is 2. The number of anilines is 1. The van der Waals surface area contributed by atoms with Crippen molar-refractivity contribution in [3.8, 4) is 0 Å². The summed E-state index contributed by atoms with van der Waals surface area (Å²) in [6.45, 7) is 2.97. The van der Waals surface area contributed by atoms with E-state index in [0.717, 1.165) is 35.6 Å². The predicted molar refractivity (Wildman–Crippen MR) is 167 cm³/mol. The monoisotopic (exact) mass is 679 g/mol. The van der Waals surface area contributed by atoms with Gasteiger partial charge in [-0.1, -0.05) is 81.8 Å². The van der Waals surface area contributed by atoms with E-state index in [1.807, 2.05) is 6.92 Å². The van der Waals surface area contributed by atoms with E-state index in [9.17, 15) is 18.0 Å². The minimum Gasteiger partial charge on any atom is -0.352 e. The highest BCUT2D eigenvalue weighted by Crippen LogP contribution is 2.28. The van der Waals surface area contributed by atoms with E-state index in [1.54, 1.807) is 61.5 Å². The van der Waals surface area contributed by atoms with E-state index in [4.69, 9.17) is 23.2 Å². The normalized spacial score (nSPS) is 14.5. The van der Waals surface area contributed by atoms with Gasteiger partial charge in [0.1, 0.15) is 12.6 Å². The van der Waals surface area contributed by atoms with Crippen LogP contribution in [0.5, 0.6) is 0 Å². The number of benzene rings is 3. The molecule has 218 valence electrons. The van der Waals surface area contributed by atoms with Crippen molar-refractivity contribution in [2.75, 3.05) is 10.8 Å². The Morgan fingerprint density at radius 3 is 2.34 bits per heavy atom. The zero-order valence-electron chi connectivity index (χ0n) is 22.8. The second kappa shape index (κ2) is 13.6. The quantitative estimate of drug-likeness (QED) is 0.257. The van der Waals surface area contributed by atoms with Gasteiger partial charge >= 0.3 is 0 Å². The minimum absolute atomic E-state index is 0.00894. The van der Waals surface area contributed by atoms with Crippen molar-refractivity contribution in [3.63, 3.8) is 0 Å². The third-order valence-corrected chi connectivity index (χ3v) is 10.1. The Labute approximate surface area is 260 Å². The van der Waals surface area contributed by atoms with Gasteiger partial charge in [0.2, 0.25) is 11.8 Å². The summed E-state index contributed by atoms with van der Waals surface area (Å²) in [4.78, 5) is 28.8. The summed E-state index contributed by atoms with van der Waals surface area (Å²) in [6.07, 6.45) is 3.86. The number of sulfonamides is 1. The number of nitrogens with zero attached hydrogens (tertiary/aromatic N) is 2. The fourth-order valence-electron chi connectivity index (χ4n) is 4.81. The summed E-state index contributed by atoms with van der Waals surface area (Å²) in [5, 5.41) is 3.83. The molecule has 1 saturated carbocycles. The number of hydrogen-bond donors (Lipinski definition) is 1. The zero-order chi connectivity index (χ0) is 29.7. The molecule has 0 spiro atoms. The van der Waals surface area contributed by atoms with Crippen LogP contribution >= 0.6 is 39.1 Å². The Bertz CT molecular complexity index is 1510. The molecule has 1 N–H and O–H groups in total. The smallest absolute Gasteiger partial charge is 0.264 e. The maximum absolute atomic E-state index is 14.1. The fourth-order valence-corrected chi connectivity index (χ4v) is 7.07. The molecule has 7 nitrogen and oxygen atoms in total. The molecule has 3 aromatic carbocycles. The lowest BCUT2D eigenvalue weighted by Crippen LogP contribution is -2.52. The molecule has 0 radical (unpaired) electrons. The van der Waals surface area contributed by atoms with E-state index in [1.165, 1.54) is 17.0 Å². The first-order valence-corrected chi connectivity index (χ1v) is 16.3. The molecule has 1 aliphatic rings. The van der Waals surface area contributed by atoms with Crippen molar-refractivity contribution in [1.82, 2.24) is 10.2 Å². The summed E-state index contributed by atoms with van der Waals surface area (Å²) in [7, 11) is -4.15. The molecule has 41 heavy (non-hydrogen) atoms. The van der Waals surface area contributed by atoms with Gasteiger partial charge in [-0.2, -0.15) is 0 Å². The molecule has 0 aliphatic heterocycles. The van der Waals surface area contributed by atoms with E-state index in [-0.39, 0.29) is 23.4 Å². The first-order valence-electron chi connectivity index (χ1n) is 13.3. The van der Waals surface area contributed by atoms with E-state index in [2.05, 4.69) is 21.2 Å². The van der Waals surface area contributed by atoms with Crippen LogP contribution in [0.1, 0.15) is 43.7 Å². The van der Waals surface area contributed by atoms with Gasteiger partial charge in [0, 0.05) is 27.1 Å². The molecule has 3 aromatic rings. The average molecular weight is 681 g/mol.